The molecule has 0 radical (unpaired) electrons. The second-order valence-electron chi connectivity index (χ2n) is 4.81. The summed E-state index contributed by atoms with van der Waals surface area (Å²) >= 11 is 0. The van der Waals surface area contributed by atoms with E-state index in [1.807, 2.05) is 6.07 Å². The summed E-state index contributed by atoms with van der Waals surface area (Å²) in [5.41, 5.74) is 0.405. The number of carboxylic acids is 1. The summed E-state index contributed by atoms with van der Waals surface area (Å²) in [4.78, 5) is 34.2. The molecular formula is C17H16N2O5. The van der Waals surface area contributed by atoms with E-state index in [9.17, 15) is 14.4 Å². The summed E-state index contributed by atoms with van der Waals surface area (Å²) < 4.78 is 5.25. The molecule has 24 heavy (non-hydrogen) atoms. The minimum atomic E-state index is -1.09. The highest BCUT2D eigenvalue weighted by atomic mass is 16.5. The van der Waals surface area contributed by atoms with Crippen LogP contribution in [0.3, 0.4) is 0 Å². The van der Waals surface area contributed by atoms with Crippen molar-refractivity contribution in [1.82, 2.24) is 5.32 Å². The summed E-state index contributed by atoms with van der Waals surface area (Å²) in [5.74, 6) is -1.43. The molecule has 2 rings (SSSR count). The molecule has 0 aromatic heterocycles. The van der Waals surface area contributed by atoms with Crippen molar-refractivity contribution in [3.8, 4) is 5.75 Å². The van der Waals surface area contributed by atoms with Gasteiger partial charge in [0.15, 0.2) is 6.61 Å². The van der Waals surface area contributed by atoms with E-state index in [0.29, 0.717) is 11.4 Å². The van der Waals surface area contributed by atoms with Crippen molar-refractivity contribution in [3.05, 3.63) is 60.2 Å². The van der Waals surface area contributed by atoms with Gasteiger partial charge < -0.3 is 20.5 Å². The zero-order valence-electron chi connectivity index (χ0n) is 12.7. The number of hydrogen-bond acceptors (Lipinski definition) is 4. The number of nitrogens with one attached hydrogen (secondary N) is 2. The van der Waals surface area contributed by atoms with E-state index in [-0.39, 0.29) is 18.7 Å². The van der Waals surface area contributed by atoms with Gasteiger partial charge in [0, 0.05) is 5.69 Å². The van der Waals surface area contributed by atoms with Gasteiger partial charge in [0.05, 0.1) is 12.1 Å². The van der Waals surface area contributed by atoms with Crippen LogP contribution < -0.4 is 15.4 Å². The van der Waals surface area contributed by atoms with E-state index in [4.69, 9.17) is 9.84 Å². The highest BCUT2D eigenvalue weighted by Crippen LogP contribution is 2.10. The van der Waals surface area contributed by atoms with Crippen LogP contribution >= 0.6 is 0 Å². The molecule has 0 saturated heterocycles. The third-order valence-corrected chi connectivity index (χ3v) is 2.95. The van der Waals surface area contributed by atoms with Crippen molar-refractivity contribution in [1.29, 1.82) is 0 Å². The van der Waals surface area contributed by atoms with Crippen LogP contribution in [0, 0.1) is 0 Å². The average Bonchev–Trinajstić information content (AvgIpc) is 2.59. The molecule has 2 aromatic carbocycles. The SMILES string of the molecule is O=C(COc1ccccc1)NCC(=O)Nc1cccc(C(=O)O)c1. The monoisotopic (exact) mass is 328 g/mol. The molecule has 7 nitrogen and oxygen atoms in total. The van der Waals surface area contributed by atoms with E-state index in [0.717, 1.165) is 0 Å². The molecule has 2 aromatic rings. The molecule has 0 atom stereocenters. The molecule has 0 aliphatic heterocycles. The number of carboxylic acid groups (broad SMARTS) is 1. The van der Waals surface area contributed by atoms with Crippen LogP contribution in [0.4, 0.5) is 5.69 Å². The summed E-state index contributed by atoms with van der Waals surface area (Å²) in [7, 11) is 0. The number of anilines is 1. The Labute approximate surface area is 138 Å². The predicted molar refractivity (Wildman–Crippen MR) is 87.0 cm³/mol. The predicted octanol–water partition coefficient (Wildman–Crippen LogP) is 1.52. The van der Waals surface area contributed by atoms with Crippen molar-refractivity contribution in [2.45, 2.75) is 0 Å². The van der Waals surface area contributed by atoms with Crippen LogP contribution in [-0.4, -0.2) is 36.0 Å². The van der Waals surface area contributed by atoms with Gasteiger partial charge in [-0.1, -0.05) is 24.3 Å². The number of carbonyl (C=O) groups is 3. The molecule has 0 spiro atoms. The fourth-order valence-corrected chi connectivity index (χ4v) is 1.83. The van der Waals surface area contributed by atoms with Crippen LogP contribution in [-0.2, 0) is 9.59 Å². The lowest BCUT2D eigenvalue weighted by Crippen LogP contribution is -2.35. The van der Waals surface area contributed by atoms with Crippen LogP contribution in [0.5, 0.6) is 5.75 Å². The van der Waals surface area contributed by atoms with Gasteiger partial charge in [-0.05, 0) is 30.3 Å². The lowest BCUT2D eigenvalue weighted by Gasteiger charge is -2.08. The van der Waals surface area contributed by atoms with Gasteiger partial charge >= 0.3 is 5.97 Å². The second kappa shape index (κ2) is 8.33. The number of carbonyl (C=O) groups excluding carboxylic acids is 2. The third kappa shape index (κ3) is 5.45. The zero-order valence-corrected chi connectivity index (χ0v) is 12.7. The van der Waals surface area contributed by atoms with E-state index < -0.39 is 17.8 Å². The number of amides is 2. The fourth-order valence-electron chi connectivity index (χ4n) is 1.83. The van der Waals surface area contributed by atoms with Crippen LogP contribution in [0.1, 0.15) is 10.4 Å². The zero-order chi connectivity index (χ0) is 17.4. The first-order valence-electron chi connectivity index (χ1n) is 7.12. The number of benzene rings is 2. The smallest absolute Gasteiger partial charge is 0.335 e. The number of para-hydroxylation sites is 1. The molecule has 0 fully saturated rings. The number of aromatic carboxylic acids is 1. The van der Waals surface area contributed by atoms with Crippen molar-refractivity contribution in [3.63, 3.8) is 0 Å². The molecule has 0 bridgehead atoms. The molecular weight excluding hydrogens is 312 g/mol. The van der Waals surface area contributed by atoms with Crippen molar-refractivity contribution in [2.75, 3.05) is 18.5 Å². The first-order chi connectivity index (χ1) is 11.5. The lowest BCUT2D eigenvalue weighted by atomic mass is 10.2. The van der Waals surface area contributed by atoms with Crippen molar-refractivity contribution in [2.24, 2.45) is 0 Å². The molecule has 0 saturated carbocycles. The van der Waals surface area contributed by atoms with Gasteiger partial charge in [-0.15, -0.1) is 0 Å². The number of ether oxygens (including phenoxy) is 1. The molecule has 2 amide bonds. The van der Waals surface area contributed by atoms with Gasteiger partial charge in [-0.25, -0.2) is 4.79 Å². The highest BCUT2D eigenvalue weighted by molar-refractivity contribution is 5.96. The number of hydrogen-bond donors (Lipinski definition) is 3. The maximum absolute atomic E-state index is 11.8. The topological polar surface area (TPSA) is 105 Å². The normalized spacial score (nSPS) is 9.83. The van der Waals surface area contributed by atoms with Crippen LogP contribution in [0.25, 0.3) is 0 Å². The number of rotatable bonds is 7. The van der Waals surface area contributed by atoms with E-state index >= 15 is 0 Å². The Bertz CT molecular complexity index is 731. The average molecular weight is 328 g/mol. The summed E-state index contributed by atoms with van der Waals surface area (Å²) in [5, 5.41) is 13.8. The Morgan fingerprint density at radius 1 is 0.958 bits per heavy atom. The van der Waals surface area contributed by atoms with Crippen LogP contribution in [0.15, 0.2) is 54.6 Å². The van der Waals surface area contributed by atoms with Gasteiger partial charge in [-0.2, -0.15) is 0 Å². The largest absolute Gasteiger partial charge is 0.484 e. The molecule has 124 valence electrons. The first-order valence-corrected chi connectivity index (χ1v) is 7.12. The van der Waals surface area contributed by atoms with Crippen molar-refractivity contribution >= 4 is 23.5 Å². The van der Waals surface area contributed by atoms with Gasteiger partial charge in [0.2, 0.25) is 5.91 Å². The van der Waals surface area contributed by atoms with E-state index in [2.05, 4.69) is 10.6 Å². The Balaban J connectivity index is 1.75. The fraction of sp³-hybridized carbons (Fsp3) is 0.118. The quantitative estimate of drug-likeness (QED) is 0.715. The van der Waals surface area contributed by atoms with Gasteiger partial charge in [0.25, 0.3) is 5.91 Å². The minimum absolute atomic E-state index is 0.0631. The maximum Gasteiger partial charge on any atom is 0.335 e. The second-order valence-corrected chi connectivity index (χ2v) is 4.81. The van der Waals surface area contributed by atoms with Gasteiger partial charge in [0.1, 0.15) is 5.75 Å². The molecule has 0 aliphatic carbocycles. The van der Waals surface area contributed by atoms with E-state index in [1.54, 1.807) is 30.3 Å². The summed E-state index contributed by atoms with van der Waals surface area (Å²) in [6.45, 7) is -0.444. The first kappa shape index (κ1) is 17.0. The Morgan fingerprint density at radius 2 is 1.71 bits per heavy atom. The summed E-state index contributed by atoms with van der Waals surface area (Å²) in [6.07, 6.45) is 0. The van der Waals surface area contributed by atoms with E-state index in [1.165, 1.54) is 18.2 Å². The van der Waals surface area contributed by atoms with Crippen LogP contribution in [0.2, 0.25) is 0 Å². The standard InChI is InChI=1S/C17H16N2O5/c20-15(19-13-6-4-5-12(9-13)17(22)23)10-18-16(21)11-24-14-7-2-1-3-8-14/h1-9H,10-11H2,(H,18,21)(H,19,20)(H,22,23). The molecule has 0 heterocycles. The maximum atomic E-state index is 11.8. The summed E-state index contributed by atoms with van der Waals surface area (Å²) in [6, 6.07) is 14.7. The van der Waals surface area contributed by atoms with Gasteiger partial charge in [-0.3, -0.25) is 9.59 Å². The third-order valence-electron chi connectivity index (χ3n) is 2.95. The lowest BCUT2D eigenvalue weighted by molar-refractivity contribution is -0.125. The highest BCUT2D eigenvalue weighted by Gasteiger charge is 2.08. The van der Waals surface area contributed by atoms with Crippen molar-refractivity contribution < 1.29 is 24.2 Å². The Morgan fingerprint density at radius 3 is 2.42 bits per heavy atom. The Kier molecular flexibility index (Phi) is 5.90. The molecule has 0 aliphatic rings. The minimum Gasteiger partial charge on any atom is -0.484 e. The molecule has 0 unspecified atom stereocenters. The Hall–Kier alpha value is -3.35. The molecule has 3 N–H and O–H groups in total. The molecule has 7 heteroatoms.